The maximum atomic E-state index is 13.9. The van der Waals surface area contributed by atoms with Crippen molar-refractivity contribution in [2.45, 2.75) is 156 Å². The maximum Gasteiger partial charge on any atom is 0.270 e. The number of imidazole rings is 2. The lowest BCUT2D eigenvalue weighted by atomic mass is 9.77. The van der Waals surface area contributed by atoms with Gasteiger partial charge in [0.1, 0.15) is 40.1 Å². The van der Waals surface area contributed by atoms with Gasteiger partial charge in [-0.3, -0.25) is 53.0 Å². The Morgan fingerprint density at radius 2 is 0.815 bits per heavy atom. The number of nitrogens with zero attached hydrogens (tertiary/aromatic N) is 14. The molecule has 3 saturated heterocycles. The minimum Gasteiger partial charge on any atom is -0.349 e. The Bertz CT molecular complexity index is 6620. The highest BCUT2D eigenvalue weighted by Crippen LogP contribution is 2.40. The van der Waals surface area contributed by atoms with Crippen molar-refractivity contribution in [2.24, 2.45) is 0 Å². The predicted molar refractivity (Wildman–Crippen MR) is 512 cm³/mol. The number of piperidine rings is 3. The van der Waals surface area contributed by atoms with Crippen molar-refractivity contribution in [1.82, 2.24) is 84.0 Å². The van der Waals surface area contributed by atoms with E-state index in [4.69, 9.17) is 11.6 Å². The summed E-state index contributed by atoms with van der Waals surface area (Å²) in [6.07, 6.45) is 25.0. The third-order valence-corrected chi connectivity index (χ3v) is 25.8. The van der Waals surface area contributed by atoms with E-state index in [9.17, 15) is 27.6 Å². The molecule has 14 heterocycles. The van der Waals surface area contributed by atoms with Gasteiger partial charge >= 0.3 is 0 Å². The highest BCUT2D eigenvalue weighted by Gasteiger charge is 2.44. The van der Waals surface area contributed by atoms with Crippen molar-refractivity contribution < 1.29 is 27.6 Å². The van der Waals surface area contributed by atoms with Gasteiger partial charge in [0.15, 0.2) is 0 Å². The highest BCUT2D eigenvalue weighted by molar-refractivity contribution is 6.30. The number of carbonyl (C=O) groups is 3. The smallest absolute Gasteiger partial charge is 0.270 e. The first-order chi connectivity index (χ1) is 62.6. The number of carbonyl (C=O) groups excluding carboxylic acids is 3. The summed E-state index contributed by atoms with van der Waals surface area (Å²) in [7, 11) is 2.16. The summed E-state index contributed by atoms with van der Waals surface area (Å²) >= 11 is 6.14. The number of pyridine rings is 8. The number of halogens is 4. The fraction of sp³-hybridized carbons (Fsp3) is 0.274. The van der Waals surface area contributed by atoms with E-state index < -0.39 is 0 Å². The van der Waals surface area contributed by atoms with Gasteiger partial charge in [0.2, 0.25) is 0 Å². The fourth-order valence-corrected chi connectivity index (χ4v) is 18.2. The molecule has 662 valence electrons. The molecule has 0 aliphatic carbocycles. The van der Waals surface area contributed by atoms with Crippen LogP contribution in [0.1, 0.15) is 142 Å². The Balaban J connectivity index is 0.000000128. The number of hydrogen-bond acceptors (Lipinski definition) is 14. The molecule has 5 aromatic carbocycles. The van der Waals surface area contributed by atoms with Crippen LogP contribution < -0.4 is 16.0 Å². The second kappa shape index (κ2) is 38.9. The van der Waals surface area contributed by atoms with E-state index in [1.807, 2.05) is 161 Å². The van der Waals surface area contributed by atoms with Crippen LogP contribution in [-0.2, 0) is 0 Å². The van der Waals surface area contributed by atoms with Crippen molar-refractivity contribution in [3.63, 3.8) is 0 Å². The van der Waals surface area contributed by atoms with Crippen molar-refractivity contribution in [3.8, 4) is 89.5 Å². The zero-order chi connectivity index (χ0) is 91.2. The number of benzene rings is 5. The van der Waals surface area contributed by atoms with Crippen LogP contribution in [0.5, 0.6) is 0 Å². The predicted octanol–water partition coefficient (Wildman–Crippen LogP) is 21.7. The molecule has 0 unspecified atom stereocenters. The third kappa shape index (κ3) is 20.0. The number of rotatable bonds is 16. The number of aryl methyl sites for hydroxylation is 3. The van der Waals surface area contributed by atoms with Gasteiger partial charge in [-0.2, -0.15) is 5.10 Å². The van der Waals surface area contributed by atoms with Crippen LogP contribution >= 0.6 is 11.6 Å². The third-order valence-electron chi connectivity index (χ3n) is 25.5. The number of hydrogen-bond donors (Lipinski definition) is 3. The number of amides is 3. The Labute approximate surface area is 761 Å². The van der Waals surface area contributed by atoms with Gasteiger partial charge in [0.05, 0.1) is 58.0 Å². The van der Waals surface area contributed by atoms with Crippen LogP contribution in [0, 0.1) is 38.2 Å². The summed E-state index contributed by atoms with van der Waals surface area (Å²) in [4.78, 5) is 78.7. The minimum atomic E-state index is -0.242. The lowest BCUT2D eigenvalue weighted by Gasteiger charge is -2.53. The first kappa shape index (κ1) is 89.9. The molecule has 11 aromatic heterocycles. The monoisotopic (exact) mass is 1760 g/mol. The topological polar surface area (TPSA) is 213 Å². The van der Waals surface area contributed by atoms with Crippen LogP contribution in [-0.4, -0.2) is 160 Å². The molecule has 3 aliphatic heterocycles. The number of aromatic nitrogens is 11. The molecule has 130 heavy (non-hydrogen) atoms. The van der Waals surface area contributed by atoms with Gasteiger partial charge in [0.25, 0.3) is 17.7 Å². The summed E-state index contributed by atoms with van der Waals surface area (Å²) < 4.78 is 47.0. The SMILES string of the molecule is Cc1cc(-c2ncccc2-c2ccc3ncc(C(=O)NC4CC(C)(C)N(C)C(C)(C)C4)n3c2)ccc1F.Cc1cc(-c2ncccc2-c2ccc3ncc(C(=O)NC4CCN(C(C)C)CC4)n3c2)ccc1F.Cc1cc(-c2ncccc2-c2ccn3ncc(C(=O)NC4CCN(C(C)C)CC4)c3c2)ccc1F.Clc1cccc(-c2ncccc2-c2ccc3ncccc3c2)c1. The second-order valence-electron chi connectivity index (χ2n) is 35.8. The summed E-state index contributed by atoms with van der Waals surface area (Å²) in [5.74, 6) is -1.06. The highest BCUT2D eigenvalue weighted by atomic mass is 35.5. The molecular weight excluding hydrogens is 1650 g/mol. The van der Waals surface area contributed by atoms with Crippen LogP contribution in [0.15, 0.2) is 262 Å². The number of fused-ring (bicyclic) bond motifs is 4. The summed E-state index contributed by atoms with van der Waals surface area (Å²) in [5, 5.41) is 15.9. The molecule has 19 rings (SSSR count). The van der Waals surface area contributed by atoms with Gasteiger partial charge in [-0.05, 0) is 295 Å². The number of likely N-dealkylation sites (tertiary alicyclic amines) is 3. The molecular formula is C106H107ClF3N17O3. The van der Waals surface area contributed by atoms with E-state index in [0.29, 0.717) is 62.0 Å². The van der Waals surface area contributed by atoms with Crippen molar-refractivity contribution in [3.05, 3.63) is 318 Å². The van der Waals surface area contributed by atoms with Crippen LogP contribution in [0.2, 0.25) is 5.02 Å². The fourth-order valence-electron chi connectivity index (χ4n) is 18.0. The lowest BCUT2D eigenvalue weighted by molar-refractivity contribution is -0.0169. The van der Waals surface area contributed by atoms with E-state index in [1.54, 1.807) is 92.8 Å². The Kier molecular flexibility index (Phi) is 26.9. The Hall–Kier alpha value is -13.5. The molecule has 16 aromatic rings. The Morgan fingerprint density at radius 1 is 0.415 bits per heavy atom. The summed E-state index contributed by atoms with van der Waals surface area (Å²) in [6.45, 7) is 26.9. The van der Waals surface area contributed by atoms with Gasteiger partial charge in [0, 0.05) is 183 Å². The average molecular weight is 1760 g/mol. The molecule has 3 fully saturated rings. The van der Waals surface area contributed by atoms with Crippen LogP contribution in [0.3, 0.4) is 0 Å². The second-order valence-corrected chi connectivity index (χ2v) is 36.2. The first-order valence-corrected chi connectivity index (χ1v) is 44.7. The molecule has 0 saturated carbocycles. The van der Waals surface area contributed by atoms with Gasteiger partial charge in [-0.15, -0.1) is 0 Å². The molecule has 3 N–H and O–H groups in total. The molecule has 0 atom stereocenters. The van der Waals surface area contributed by atoms with E-state index in [-0.39, 0.29) is 64.4 Å². The van der Waals surface area contributed by atoms with E-state index in [2.05, 4.69) is 157 Å². The molecule has 0 bridgehead atoms. The number of nitrogens with one attached hydrogen (secondary N) is 3. The normalized spacial score (nSPS) is 15.1. The zero-order valence-corrected chi connectivity index (χ0v) is 76.0. The van der Waals surface area contributed by atoms with Crippen molar-refractivity contribution >= 4 is 57.0 Å². The summed E-state index contributed by atoms with van der Waals surface area (Å²) in [6, 6.07) is 61.9. The lowest BCUT2D eigenvalue weighted by Crippen LogP contribution is -2.62. The van der Waals surface area contributed by atoms with Gasteiger partial charge < -0.3 is 25.8 Å². The van der Waals surface area contributed by atoms with E-state index in [0.717, 1.165) is 171 Å². The van der Waals surface area contributed by atoms with Crippen molar-refractivity contribution in [2.75, 3.05) is 33.2 Å². The van der Waals surface area contributed by atoms with E-state index >= 15 is 0 Å². The molecule has 3 aliphatic rings. The van der Waals surface area contributed by atoms with Crippen LogP contribution in [0.4, 0.5) is 13.2 Å². The molecule has 0 radical (unpaired) electrons. The van der Waals surface area contributed by atoms with Crippen LogP contribution in [0.25, 0.3) is 117 Å². The zero-order valence-electron chi connectivity index (χ0n) is 75.3. The molecule has 3 amide bonds. The van der Waals surface area contributed by atoms with E-state index in [1.165, 1.54) is 18.2 Å². The van der Waals surface area contributed by atoms with Crippen molar-refractivity contribution in [1.29, 1.82) is 0 Å². The standard InChI is InChI=1S/C30H34FN5O.2C28H30FN5O.C20H13ClN2/c1-19-14-20(9-11-24(19)31)27-23(8-7-13-32-27)21-10-12-26-33-17-25(36(26)18-21)28(37)34-22-15-29(2,3)35(6)30(4,5)16-22;1-18(2)33-13-10-22(11-14-33)32-28(35)25-16-31-26-9-7-21(17-34(25)26)23-5-4-12-30-27(23)20-6-8-24(29)19(3)15-20;1-18(2)33-12-9-22(10-13-33)32-28(35)24-17-31-34-14-8-20(16-26(24)34)23-5-4-11-30-27(23)21-6-7-25(29)19(3)15-21;21-17-6-1-4-16(13-17)20-18(7-3-11-23-20)14-8-9-19-15(12-14)5-2-10-22-19/h7-14,17-18,22H,15-16H2,1-6H3,(H,34,37);4-9,12,15-18,22H,10-11,13-14H2,1-3H3,(H,32,35);4-8,11,14-18,22H,9-10,12-13H2,1-3H3,(H,32,35);1-13H. The quantitative estimate of drug-likeness (QED) is 0.0821. The first-order valence-electron chi connectivity index (χ1n) is 44.4. The van der Waals surface area contributed by atoms with Gasteiger partial charge in [-0.25, -0.2) is 27.7 Å². The summed E-state index contributed by atoms with van der Waals surface area (Å²) in [5.41, 5.74) is 20.7. The molecule has 0 spiro atoms. The minimum absolute atomic E-state index is 0.0260. The molecule has 20 nitrogen and oxygen atoms in total. The largest absolute Gasteiger partial charge is 0.349 e. The maximum absolute atomic E-state index is 13.9. The van der Waals surface area contributed by atoms with Gasteiger partial charge in [-0.1, -0.05) is 60.1 Å². The molecule has 24 heteroatoms. The Morgan fingerprint density at radius 3 is 1.26 bits per heavy atom. The average Bonchev–Trinajstić information content (AvgIpc) is 1.11.